The lowest BCUT2D eigenvalue weighted by molar-refractivity contribution is -0.118. The normalized spacial score (nSPS) is 21.1. The molecule has 0 aromatic heterocycles. The minimum absolute atomic E-state index is 0.0250. The van der Waals surface area contributed by atoms with E-state index in [1.807, 2.05) is 38.1 Å². The third kappa shape index (κ3) is 2.85. The van der Waals surface area contributed by atoms with E-state index < -0.39 is 0 Å². The molecule has 1 aromatic carbocycles. The van der Waals surface area contributed by atoms with Gasteiger partial charge in [-0.15, -0.1) is 0 Å². The van der Waals surface area contributed by atoms with Gasteiger partial charge in [-0.2, -0.15) is 0 Å². The number of rotatable bonds is 4. The van der Waals surface area contributed by atoms with Crippen LogP contribution in [0.3, 0.4) is 0 Å². The zero-order valence-electron chi connectivity index (χ0n) is 10.5. The van der Waals surface area contributed by atoms with Crippen molar-refractivity contribution in [2.24, 2.45) is 4.99 Å². The number of thioether (sulfide) groups is 1. The smallest absolute Gasteiger partial charge is 0.239 e. The van der Waals surface area contributed by atoms with Gasteiger partial charge in [0.15, 0.2) is 5.17 Å². The van der Waals surface area contributed by atoms with Crippen molar-refractivity contribution in [3.63, 3.8) is 0 Å². The highest BCUT2D eigenvalue weighted by atomic mass is 32.2. The van der Waals surface area contributed by atoms with Crippen LogP contribution in [0, 0.1) is 0 Å². The summed E-state index contributed by atoms with van der Waals surface area (Å²) in [6, 6.07) is 7.57. The predicted molar refractivity (Wildman–Crippen MR) is 74.5 cm³/mol. The number of aliphatic imine (C=N–C) groups is 1. The molecule has 4 nitrogen and oxygen atoms in total. The summed E-state index contributed by atoms with van der Waals surface area (Å²) in [5.74, 6) is 0.775. The summed E-state index contributed by atoms with van der Waals surface area (Å²) in [6.07, 6.45) is 0.808. The number of benzene rings is 1. The number of carbonyl (C=O) groups excluding carboxylic acids is 1. The first-order valence-electron chi connectivity index (χ1n) is 6.02. The summed E-state index contributed by atoms with van der Waals surface area (Å²) in [6.45, 7) is 4.52. The van der Waals surface area contributed by atoms with Gasteiger partial charge in [0.05, 0.1) is 11.9 Å². The first-order chi connectivity index (χ1) is 8.74. The highest BCUT2D eigenvalue weighted by Gasteiger charge is 2.28. The average molecular weight is 264 g/mol. The number of carbonyl (C=O) groups is 1. The molecule has 18 heavy (non-hydrogen) atoms. The van der Waals surface area contributed by atoms with Crippen molar-refractivity contribution < 1.29 is 9.53 Å². The molecule has 1 saturated heterocycles. The molecule has 1 aliphatic rings. The number of para-hydroxylation sites is 2. The van der Waals surface area contributed by atoms with Gasteiger partial charge in [0.25, 0.3) is 0 Å². The van der Waals surface area contributed by atoms with E-state index in [1.165, 1.54) is 11.8 Å². The molecular weight excluding hydrogens is 248 g/mol. The number of hydrogen-bond acceptors (Lipinski definition) is 4. The quantitative estimate of drug-likeness (QED) is 0.909. The number of amides is 1. The second-order valence-electron chi connectivity index (χ2n) is 3.82. The number of nitrogens with zero attached hydrogens (tertiary/aromatic N) is 1. The third-order valence-corrected chi connectivity index (χ3v) is 3.78. The van der Waals surface area contributed by atoms with Gasteiger partial charge in [0, 0.05) is 0 Å². The van der Waals surface area contributed by atoms with Crippen molar-refractivity contribution >= 4 is 28.5 Å². The second kappa shape index (κ2) is 5.91. The molecule has 0 saturated carbocycles. The fraction of sp³-hybridized carbons (Fsp3) is 0.385. The molecule has 1 N–H and O–H groups in total. The lowest BCUT2D eigenvalue weighted by atomic mass is 10.3. The lowest BCUT2D eigenvalue weighted by Gasteiger charge is -2.06. The van der Waals surface area contributed by atoms with Crippen molar-refractivity contribution in [3.05, 3.63) is 24.3 Å². The SMILES string of the molecule is CCOc1ccccc1N=C1NC(=O)C(CC)S1. The fourth-order valence-corrected chi connectivity index (χ4v) is 2.58. The Balaban J connectivity index is 2.21. The van der Waals surface area contributed by atoms with Crippen LogP contribution >= 0.6 is 11.8 Å². The van der Waals surface area contributed by atoms with Gasteiger partial charge in [0.1, 0.15) is 11.4 Å². The summed E-state index contributed by atoms with van der Waals surface area (Å²) < 4.78 is 5.50. The van der Waals surface area contributed by atoms with Crippen LogP contribution in [-0.2, 0) is 4.79 Å². The molecule has 1 unspecified atom stereocenters. The molecule has 0 spiro atoms. The Labute approximate surface area is 111 Å². The van der Waals surface area contributed by atoms with E-state index in [0.29, 0.717) is 11.8 Å². The fourth-order valence-electron chi connectivity index (χ4n) is 1.66. The van der Waals surface area contributed by atoms with Crippen molar-refractivity contribution in [1.82, 2.24) is 5.32 Å². The molecule has 96 valence electrons. The summed E-state index contributed by atoms with van der Waals surface area (Å²) >= 11 is 1.47. The minimum Gasteiger partial charge on any atom is -0.492 e. The van der Waals surface area contributed by atoms with Crippen LogP contribution in [0.25, 0.3) is 0 Å². The van der Waals surface area contributed by atoms with E-state index in [-0.39, 0.29) is 11.2 Å². The van der Waals surface area contributed by atoms with Crippen molar-refractivity contribution in [3.8, 4) is 5.75 Å². The molecule has 1 amide bonds. The van der Waals surface area contributed by atoms with Crippen LogP contribution < -0.4 is 10.1 Å². The molecule has 0 bridgehead atoms. The van der Waals surface area contributed by atoms with Gasteiger partial charge in [-0.1, -0.05) is 30.8 Å². The van der Waals surface area contributed by atoms with Crippen LogP contribution in [-0.4, -0.2) is 22.9 Å². The predicted octanol–water partition coefficient (Wildman–Crippen LogP) is 2.71. The van der Waals surface area contributed by atoms with E-state index in [0.717, 1.165) is 17.9 Å². The zero-order chi connectivity index (χ0) is 13.0. The van der Waals surface area contributed by atoms with Crippen LogP contribution in [0.1, 0.15) is 20.3 Å². The summed E-state index contributed by atoms with van der Waals surface area (Å²) in [4.78, 5) is 16.0. The molecule has 0 aliphatic carbocycles. The molecule has 1 atom stereocenters. The molecular formula is C13H16N2O2S. The standard InChI is InChI=1S/C13H16N2O2S/c1-3-11-12(16)15-13(18-11)14-9-7-5-6-8-10(9)17-4-2/h5-8,11H,3-4H2,1-2H3,(H,14,15,16). The van der Waals surface area contributed by atoms with E-state index in [9.17, 15) is 4.79 Å². The number of nitrogens with one attached hydrogen (secondary N) is 1. The minimum atomic E-state index is -0.0250. The summed E-state index contributed by atoms with van der Waals surface area (Å²) in [7, 11) is 0. The highest BCUT2D eigenvalue weighted by molar-refractivity contribution is 8.15. The number of ether oxygens (including phenoxy) is 1. The Morgan fingerprint density at radius 1 is 1.39 bits per heavy atom. The Bertz CT molecular complexity index is 474. The maximum atomic E-state index is 11.6. The first kappa shape index (κ1) is 13.0. The lowest BCUT2D eigenvalue weighted by Crippen LogP contribution is -2.24. The first-order valence-corrected chi connectivity index (χ1v) is 6.90. The van der Waals surface area contributed by atoms with Gasteiger partial charge >= 0.3 is 0 Å². The van der Waals surface area contributed by atoms with Crippen LogP contribution in [0.4, 0.5) is 5.69 Å². The van der Waals surface area contributed by atoms with E-state index >= 15 is 0 Å². The molecule has 1 aliphatic heterocycles. The molecule has 1 heterocycles. The highest BCUT2D eigenvalue weighted by Crippen LogP contribution is 2.30. The van der Waals surface area contributed by atoms with E-state index in [2.05, 4.69) is 10.3 Å². The zero-order valence-corrected chi connectivity index (χ0v) is 11.3. The number of amidine groups is 1. The topological polar surface area (TPSA) is 50.7 Å². The van der Waals surface area contributed by atoms with Crippen LogP contribution in [0.5, 0.6) is 5.75 Å². The maximum Gasteiger partial charge on any atom is 0.239 e. The largest absolute Gasteiger partial charge is 0.492 e. The van der Waals surface area contributed by atoms with Gasteiger partial charge in [-0.05, 0) is 25.5 Å². The third-order valence-electron chi connectivity index (χ3n) is 2.53. The molecule has 2 rings (SSSR count). The van der Waals surface area contributed by atoms with Crippen LogP contribution in [0.15, 0.2) is 29.3 Å². The van der Waals surface area contributed by atoms with Gasteiger partial charge in [-0.25, -0.2) is 4.99 Å². The van der Waals surface area contributed by atoms with Crippen molar-refractivity contribution in [1.29, 1.82) is 0 Å². The second-order valence-corrected chi connectivity index (χ2v) is 5.01. The Morgan fingerprint density at radius 2 is 2.17 bits per heavy atom. The molecule has 0 radical (unpaired) electrons. The average Bonchev–Trinajstić information content (AvgIpc) is 2.72. The maximum absolute atomic E-state index is 11.6. The van der Waals surface area contributed by atoms with E-state index in [1.54, 1.807) is 0 Å². The summed E-state index contributed by atoms with van der Waals surface area (Å²) in [5, 5.41) is 3.42. The monoisotopic (exact) mass is 264 g/mol. The summed E-state index contributed by atoms with van der Waals surface area (Å²) in [5.41, 5.74) is 0.749. The van der Waals surface area contributed by atoms with Crippen molar-refractivity contribution in [2.45, 2.75) is 25.5 Å². The van der Waals surface area contributed by atoms with Gasteiger partial charge in [-0.3, -0.25) is 4.79 Å². The number of hydrogen-bond donors (Lipinski definition) is 1. The Kier molecular flexibility index (Phi) is 4.25. The van der Waals surface area contributed by atoms with Crippen molar-refractivity contribution in [2.75, 3.05) is 6.61 Å². The Morgan fingerprint density at radius 3 is 2.83 bits per heavy atom. The van der Waals surface area contributed by atoms with Gasteiger partial charge in [0.2, 0.25) is 5.91 Å². The molecule has 1 aromatic rings. The molecule has 1 fully saturated rings. The van der Waals surface area contributed by atoms with Crippen LogP contribution in [0.2, 0.25) is 0 Å². The molecule has 5 heteroatoms. The Hall–Kier alpha value is -1.49. The van der Waals surface area contributed by atoms with Gasteiger partial charge < -0.3 is 10.1 Å². The van der Waals surface area contributed by atoms with E-state index in [4.69, 9.17) is 4.74 Å².